The summed E-state index contributed by atoms with van der Waals surface area (Å²) >= 11 is 0. The topological polar surface area (TPSA) is 53.9 Å². The molecule has 1 N–H and O–H groups in total. The van der Waals surface area contributed by atoms with E-state index in [-0.39, 0.29) is 5.69 Å². The maximum absolute atomic E-state index is 12.3. The van der Waals surface area contributed by atoms with Crippen LogP contribution in [0.25, 0.3) is 5.69 Å². The highest BCUT2D eigenvalue weighted by atomic mass is 16.1. The van der Waals surface area contributed by atoms with Crippen molar-refractivity contribution in [2.75, 3.05) is 19.6 Å². The molecule has 2 fully saturated rings. The average molecular weight is 354 g/mol. The van der Waals surface area contributed by atoms with Crippen LogP contribution in [-0.2, 0) is 0 Å². The van der Waals surface area contributed by atoms with Crippen LogP contribution in [0.15, 0.2) is 35.1 Å². The second-order valence-corrected chi connectivity index (χ2v) is 8.00. The lowest BCUT2D eigenvalue weighted by Gasteiger charge is -2.33. The van der Waals surface area contributed by atoms with Crippen molar-refractivity contribution in [2.45, 2.75) is 57.3 Å². The third-order valence-electron chi connectivity index (χ3n) is 6.11. The summed E-state index contributed by atoms with van der Waals surface area (Å²) in [5, 5.41) is 4.61. The molecule has 1 atom stereocenters. The van der Waals surface area contributed by atoms with Gasteiger partial charge < -0.3 is 4.90 Å². The van der Waals surface area contributed by atoms with Gasteiger partial charge in [0.15, 0.2) is 0 Å². The molecule has 1 saturated carbocycles. The van der Waals surface area contributed by atoms with Gasteiger partial charge in [-0.15, -0.1) is 5.10 Å². The zero-order chi connectivity index (χ0) is 17.8. The number of aromatic amines is 1. The van der Waals surface area contributed by atoms with Crippen LogP contribution in [0.3, 0.4) is 0 Å². The molecule has 2 aliphatic rings. The summed E-state index contributed by atoms with van der Waals surface area (Å²) in [5.74, 6) is 2.12. The molecule has 2 heterocycles. The molecule has 26 heavy (non-hydrogen) atoms. The first-order chi connectivity index (χ1) is 12.8. The van der Waals surface area contributed by atoms with E-state index in [1.807, 2.05) is 30.3 Å². The summed E-state index contributed by atoms with van der Waals surface area (Å²) in [6, 6.07) is 9.66. The van der Waals surface area contributed by atoms with Gasteiger partial charge in [0.25, 0.3) is 0 Å². The Morgan fingerprint density at radius 3 is 2.65 bits per heavy atom. The van der Waals surface area contributed by atoms with Crippen LogP contribution in [0.2, 0.25) is 0 Å². The first kappa shape index (κ1) is 17.5. The van der Waals surface area contributed by atoms with Gasteiger partial charge in [-0.05, 0) is 50.4 Å². The van der Waals surface area contributed by atoms with E-state index in [4.69, 9.17) is 0 Å². The van der Waals surface area contributed by atoms with Crippen molar-refractivity contribution in [3.05, 3.63) is 46.6 Å². The molecule has 1 unspecified atom stereocenters. The SMILES string of the molecule is O=c1[nH]c(C2CCCN(CCC3CCCCC3)C2)nn1-c1ccccc1. The molecule has 0 spiro atoms. The number of benzene rings is 1. The highest BCUT2D eigenvalue weighted by Crippen LogP contribution is 2.28. The number of aromatic nitrogens is 3. The molecule has 1 aliphatic carbocycles. The first-order valence-electron chi connectivity index (χ1n) is 10.3. The molecule has 2 aromatic rings. The summed E-state index contributed by atoms with van der Waals surface area (Å²) in [6.07, 6.45) is 10.8. The quantitative estimate of drug-likeness (QED) is 0.890. The van der Waals surface area contributed by atoms with Gasteiger partial charge in [-0.25, -0.2) is 4.79 Å². The van der Waals surface area contributed by atoms with Crippen LogP contribution in [0.4, 0.5) is 0 Å². The zero-order valence-corrected chi connectivity index (χ0v) is 15.6. The normalized spacial score (nSPS) is 22.5. The van der Waals surface area contributed by atoms with E-state index in [1.165, 1.54) is 62.7 Å². The van der Waals surface area contributed by atoms with E-state index < -0.39 is 0 Å². The fourth-order valence-electron chi connectivity index (χ4n) is 4.59. The third kappa shape index (κ3) is 4.09. The molecule has 140 valence electrons. The molecule has 1 aromatic heterocycles. The van der Waals surface area contributed by atoms with Crippen LogP contribution >= 0.6 is 0 Å². The van der Waals surface area contributed by atoms with Crippen LogP contribution in [0.5, 0.6) is 0 Å². The van der Waals surface area contributed by atoms with Crippen molar-refractivity contribution in [3.63, 3.8) is 0 Å². The highest BCUT2D eigenvalue weighted by molar-refractivity contribution is 5.29. The molecule has 4 rings (SSSR count). The molecule has 0 amide bonds. The van der Waals surface area contributed by atoms with Crippen molar-refractivity contribution in [1.29, 1.82) is 0 Å². The Bertz CT molecular complexity index is 745. The van der Waals surface area contributed by atoms with Crippen LogP contribution in [0.1, 0.15) is 63.1 Å². The zero-order valence-electron chi connectivity index (χ0n) is 15.6. The maximum atomic E-state index is 12.3. The average Bonchev–Trinajstić information content (AvgIpc) is 3.10. The Balaban J connectivity index is 1.39. The second kappa shape index (κ2) is 8.21. The van der Waals surface area contributed by atoms with Crippen LogP contribution in [0, 0.1) is 5.92 Å². The van der Waals surface area contributed by atoms with Crippen molar-refractivity contribution >= 4 is 0 Å². The first-order valence-corrected chi connectivity index (χ1v) is 10.3. The number of para-hydroxylation sites is 1. The number of hydrogen-bond donors (Lipinski definition) is 1. The van der Waals surface area contributed by atoms with E-state index in [2.05, 4.69) is 15.0 Å². The van der Waals surface area contributed by atoms with E-state index in [9.17, 15) is 4.79 Å². The second-order valence-electron chi connectivity index (χ2n) is 8.00. The summed E-state index contributed by atoms with van der Waals surface area (Å²) in [7, 11) is 0. The standard InChI is InChI=1S/C21H30N4O/c26-21-22-20(23-25(21)19-11-5-2-6-12-19)18-10-7-14-24(16-18)15-13-17-8-3-1-4-9-17/h2,5-6,11-12,17-18H,1,3-4,7-10,13-16H2,(H,22,23,26). The Morgan fingerprint density at radius 2 is 1.85 bits per heavy atom. The van der Waals surface area contributed by atoms with Crippen LogP contribution < -0.4 is 5.69 Å². The number of H-pyrrole nitrogens is 1. The van der Waals surface area contributed by atoms with Crippen LogP contribution in [-0.4, -0.2) is 39.3 Å². The van der Waals surface area contributed by atoms with E-state index in [0.29, 0.717) is 5.92 Å². The molecule has 1 saturated heterocycles. The molecule has 5 nitrogen and oxygen atoms in total. The Morgan fingerprint density at radius 1 is 1.04 bits per heavy atom. The van der Waals surface area contributed by atoms with Gasteiger partial charge in [0.1, 0.15) is 5.82 Å². The Hall–Kier alpha value is -1.88. The summed E-state index contributed by atoms with van der Waals surface area (Å²) in [6.45, 7) is 3.41. The number of nitrogens with one attached hydrogen (secondary N) is 1. The van der Waals surface area contributed by atoms with Gasteiger partial charge >= 0.3 is 5.69 Å². The van der Waals surface area contributed by atoms with Gasteiger partial charge in [0, 0.05) is 12.5 Å². The minimum absolute atomic E-state index is 0.134. The molecular formula is C21H30N4O. The van der Waals surface area contributed by atoms with Gasteiger partial charge in [0.05, 0.1) is 5.69 Å². The Kier molecular flexibility index (Phi) is 5.54. The lowest BCUT2D eigenvalue weighted by Crippen LogP contribution is -2.36. The third-order valence-corrected chi connectivity index (χ3v) is 6.11. The number of likely N-dealkylation sites (tertiary alicyclic amines) is 1. The largest absolute Gasteiger partial charge is 0.348 e. The minimum atomic E-state index is -0.134. The summed E-state index contributed by atoms with van der Waals surface area (Å²) < 4.78 is 1.50. The van der Waals surface area contributed by atoms with E-state index in [0.717, 1.165) is 30.4 Å². The van der Waals surface area contributed by atoms with Gasteiger partial charge in [-0.1, -0.05) is 50.3 Å². The number of nitrogens with zero attached hydrogens (tertiary/aromatic N) is 3. The highest BCUT2D eigenvalue weighted by Gasteiger charge is 2.25. The smallest absolute Gasteiger partial charge is 0.303 e. The summed E-state index contributed by atoms with van der Waals surface area (Å²) in [5.41, 5.74) is 0.690. The monoisotopic (exact) mass is 354 g/mol. The fraction of sp³-hybridized carbons (Fsp3) is 0.619. The molecule has 1 aliphatic heterocycles. The van der Waals surface area contributed by atoms with Crippen molar-refractivity contribution < 1.29 is 0 Å². The fourth-order valence-corrected chi connectivity index (χ4v) is 4.59. The number of piperidine rings is 1. The number of hydrogen-bond acceptors (Lipinski definition) is 3. The molecule has 1 aromatic carbocycles. The van der Waals surface area contributed by atoms with Crippen molar-refractivity contribution in [3.8, 4) is 5.69 Å². The lowest BCUT2D eigenvalue weighted by atomic mass is 9.86. The van der Waals surface area contributed by atoms with E-state index >= 15 is 0 Å². The molecule has 0 radical (unpaired) electrons. The van der Waals surface area contributed by atoms with Crippen molar-refractivity contribution in [2.24, 2.45) is 5.92 Å². The molecule has 5 heteroatoms. The predicted octanol–water partition coefficient (Wildman–Crippen LogP) is 3.71. The Labute approximate surface area is 155 Å². The van der Waals surface area contributed by atoms with Crippen molar-refractivity contribution in [1.82, 2.24) is 19.7 Å². The number of rotatable bonds is 5. The minimum Gasteiger partial charge on any atom is -0.303 e. The van der Waals surface area contributed by atoms with Gasteiger partial charge in [-0.3, -0.25) is 4.98 Å². The van der Waals surface area contributed by atoms with Gasteiger partial charge in [-0.2, -0.15) is 4.68 Å². The predicted molar refractivity (Wildman–Crippen MR) is 104 cm³/mol. The maximum Gasteiger partial charge on any atom is 0.348 e. The summed E-state index contributed by atoms with van der Waals surface area (Å²) in [4.78, 5) is 17.9. The van der Waals surface area contributed by atoms with E-state index in [1.54, 1.807) is 0 Å². The lowest BCUT2D eigenvalue weighted by molar-refractivity contribution is 0.182. The van der Waals surface area contributed by atoms with Gasteiger partial charge in [0.2, 0.25) is 0 Å². The molecule has 0 bridgehead atoms. The molecular weight excluding hydrogens is 324 g/mol.